The van der Waals surface area contributed by atoms with Gasteiger partial charge in [0.25, 0.3) is 0 Å². The Balaban J connectivity index is 1.62. The topological polar surface area (TPSA) is 62.7 Å². The van der Waals surface area contributed by atoms with Gasteiger partial charge in [-0.3, -0.25) is 0 Å². The standard InChI is InChI=1S/C15H20N2O3/c18-15(19)12-3-1-5-14(16-12)17-8-6-11(7-9-17)13-4-2-10-20-13/h1,3,5,11,13H,2,4,6-10H2,(H,18,19). The van der Waals surface area contributed by atoms with Gasteiger partial charge in [0.2, 0.25) is 0 Å². The third kappa shape index (κ3) is 2.77. The Morgan fingerprint density at radius 2 is 2.10 bits per heavy atom. The second-order valence-corrected chi connectivity index (χ2v) is 5.56. The average molecular weight is 276 g/mol. The van der Waals surface area contributed by atoms with E-state index in [4.69, 9.17) is 9.84 Å². The number of carboxylic acid groups (broad SMARTS) is 1. The SMILES string of the molecule is O=C(O)c1cccc(N2CCC(C3CCCO3)CC2)n1. The molecular weight excluding hydrogens is 256 g/mol. The van der Waals surface area contributed by atoms with E-state index in [2.05, 4.69) is 9.88 Å². The lowest BCUT2D eigenvalue weighted by Gasteiger charge is -2.35. The summed E-state index contributed by atoms with van der Waals surface area (Å²) in [4.78, 5) is 17.4. The predicted octanol–water partition coefficient (Wildman–Crippen LogP) is 2.18. The number of ether oxygens (including phenoxy) is 1. The van der Waals surface area contributed by atoms with Gasteiger partial charge in [0.1, 0.15) is 5.82 Å². The maximum Gasteiger partial charge on any atom is 0.354 e. The summed E-state index contributed by atoms with van der Waals surface area (Å²) in [5.74, 6) is 0.452. The third-order valence-electron chi connectivity index (χ3n) is 4.31. The summed E-state index contributed by atoms with van der Waals surface area (Å²) in [5.41, 5.74) is 0.115. The molecule has 1 aromatic rings. The van der Waals surface area contributed by atoms with Crippen molar-refractivity contribution in [3.63, 3.8) is 0 Å². The number of anilines is 1. The monoisotopic (exact) mass is 276 g/mol. The second kappa shape index (κ2) is 5.79. The molecule has 1 aromatic heterocycles. The molecule has 2 aliphatic rings. The minimum Gasteiger partial charge on any atom is -0.477 e. The van der Waals surface area contributed by atoms with Crippen molar-refractivity contribution >= 4 is 11.8 Å². The molecule has 20 heavy (non-hydrogen) atoms. The zero-order chi connectivity index (χ0) is 13.9. The summed E-state index contributed by atoms with van der Waals surface area (Å²) in [5, 5.41) is 9.00. The van der Waals surface area contributed by atoms with Crippen LogP contribution in [0.2, 0.25) is 0 Å². The molecule has 3 rings (SSSR count). The lowest BCUT2D eigenvalue weighted by Crippen LogP contribution is -2.38. The summed E-state index contributed by atoms with van der Waals surface area (Å²) in [6.45, 7) is 2.77. The molecule has 0 spiro atoms. The molecule has 1 atom stereocenters. The summed E-state index contributed by atoms with van der Waals surface area (Å²) in [6, 6.07) is 5.18. The van der Waals surface area contributed by atoms with E-state index in [0.717, 1.165) is 38.4 Å². The van der Waals surface area contributed by atoms with Crippen molar-refractivity contribution in [1.29, 1.82) is 0 Å². The van der Waals surface area contributed by atoms with Crippen LogP contribution in [0.5, 0.6) is 0 Å². The molecule has 0 bridgehead atoms. The molecule has 1 unspecified atom stereocenters. The molecule has 0 aliphatic carbocycles. The van der Waals surface area contributed by atoms with E-state index < -0.39 is 5.97 Å². The third-order valence-corrected chi connectivity index (χ3v) is 4.31. The largest absolute Gasteiger partial charge is 0.477 e. The van der Waals surface area contributed by atoms with Gasteiger partial charge < -0.3 is 14.7 Å². The molecule has 0 radical (unpaired) electrons. The zero-order valence-electron chi connectivity index (χ0n) is 11.5. The van der Waals surface area contributed by atoms with Crippen molar-refractivity contribution in [3.05, 3.63) is 23.9 Å². The van der Waals surface area contributed by atoms with E-state index in [0.29, 0.717) is 12.0 Å². The maximum absolute atomic E-state index is 11.0. The van der Waals surface area contributed by atoms with Crippen molar-refractivity contribution in [3.8, 4) is 0 Å². The Morgan fingerprint density at radius 1 is 1.30 bits per heavy atom. The number of aromatic nitrogens is 1. The number of hydrogen-bond donors (Lipinski definition) is 1. The highest BCUT2D eigenvalue weighted by atomic mass is 16.5. The quantitative estimate of drug-likeness (QED) is 0.916. The Bertz CT molecular complexity index is 478. The van der Waals surface area contributed by atoms with E-state index in [1.807, 2.05) is 6.07 Å². The normalized spacial score (nSPS) is 24.0. The minimum absolute atomic E-state index is 0.115. The van der Waals surface area contributed by atoms with E-state index in [1.54, 1.807) is 6.07 Å². The highest BCUT2D eigenvalue weighted by Gasteiger charge is 2.29. The van der Waals surface area contributed by atoms with Gasteiger partial charge in [-0.15, -0.1) is 0 Å². The van der Waals surface area contributed by atoms with Gasteiger partial charge in [0, 0.05) is 19.7 Å². The molecule has 5 nitrogen and oxygen atoms in total. The number of hydrogen-bond acceptors (Lipinski definition) is 4. The highest BCUT2D eigenvalue weighted by Crippen LogP contribution is 2.30. The van der Waals surface area contributed by atoms with Gasteiger partial charge in [-0.25, -0.2) is 9.78 Å². The zero-order valence-corrected chi connectivity index (χ0v) is 11.5. The number of piperidine rings is 1. The van der Waals surface area contributed by atoms with Crippen LogP contribution >= 0.6 is 0 Å². The van der Waals surface area contributed by atoms with Crippen LogP contribution in [0.4, 0.5) is 5.82 Å². The molecule has 108 valence electrons. The van der Waals surface area contributed by atoms with Crippen LogP contribution in [0, 0.1) is 5.92 Å². The number of aromatic carboxylic acids is 1. The van der Waals surface area contributed by atoms with Crippen molar-refractivity contribution < 1.29 is 14.6 Å². The molecule has 3 heterocycles. The number of pyridine rings is 1. The summed E-state index contributed by atoms with van der Waals surface area (Å²) in [7, 11) is 0. The molecule has 0 saturated carbocycles. The average Bonchev–Trinajstić information content (AvgIpc) is 3.02. The fourth-order valence-electron chi connectivity index (χ4n) is 3.19. The van der Waals surface area contributed by atoms with E-state index in [1.165, 1.54) is 18.9 Å². The Hall–Kier alpha value is -1.62. The molecule has 5 heteroatoms. The highest BCUT2D eigenvalue weighted by molar-refractivity contribution is 5.85. The van der Waals surface area contributed by atoms with E-state index in [9.17, 15) is 4.79 Å². The van der Waals surface area contributed by atoms with Crippen molar-refractivity contribution in [2.24, 2.45) is 5.92 Å². The Labute approximate surface area is 118 Å². The lowest BCUT2D eigenvalue weighted by atomic mass is 9.90. The second-order valence-electron chi connectivity index (χ2n) is 5.56. The van der Waals surface area contributed by atoms with Crippen molar-refractivity contribution in [2.75, 3.05) is 24.6 Å². The first-order valence-corrected chi connectivity index (χ1v) is 7.31. The fourth-order valence-corrected chi connectivity index (χ4v) is 3.19. The molecular formula is C15H20N2O3. The van der Waals surface area contributed by atoms with Crippen LogP contribution in [0.3, 0.4) is 0 Å². The number of carbonyl (C=O) groups is 1. The van der Waals surface area contributed by atoms with E-state index >= 15 is 0 Å². The molecule has 0 amide bonds. The van der Waals surface area contributed by atoms with Crippen LogP contribution < -0.4 is 4.90 Å². The minimum atomic E-state index is -0.971. The van der Waals surface area contributed by atoms with Gasteiger partial charge in [-0.1, -0.05) is 6.07 Å². The fraction of sp³-hybridized carbons (Fsp3) is 0.600. The van der Waals surface area contributed by atoms with Crippen LogP contribution in [-0.4, -0.2) is 41.9 Å². The van der Waals surface area contributed by atoms with Gasteiger partial charge in [-0.05, 0) is 43.7 Å². The first kappa shape index (κ1) is 13.4. The number of nitrogens with zero attached hydrogens (tertiary/aromatic N) is 2. The molecule has 2 fully saturated rings. The maximum atomic E-state index is 11.0. The van der Waals surface area contributed by atoms with Gasteiger partial charge in [0.05, 0.1) is 6.10 Å². The molecule has 2 saturated heterocycles. The smallest absolute Gasteiger partial charge is 0.354 e. The van der Waals surface area contributed by atoms with Crippen molar-refractivity contribution in [1.82, 2.24) is 4.98 Å². The summed E-state index contributed by atoms with van der Waals surface area (Å²) < 4.78 is 5.77. The summed E-state index contributed by atoms with van der Waals surface area (Å²) in [6.07, 6.45) is 5.02. The Kier molecular flexibility index (Phi) is 3.87. The predicted molar refractivity (Wildman–Crippen MR) is 75.1 cm³/mol. The van der Waals surface area contributed by atoms with Crippen molar-refractivity contribution in [2.45, 2.75) is 31.8 Å². The first-order chi connectivity index (χ1) is 9.74. The number of carboxylic acids is 1. The Morgan fingerprint density at radius 3 is 2.75 bits per heavy atom. The van der Waals surface area contributed by atoms with Crippen LogP contribution in [0.25, 0.3) is 0 Å². The number of rotatable bonds is 3. The van der Waals surface area contributed by atoms with Crippen LogP contribution in [0.15, 0.2) is 18.2 Å². The summed E-state index contributed by atoms with van der Waals surface area (Å²) >= 11 is 0. The lowest BCUT2D eigenvalue weighted by molar-refractivity contribution is 0.0531. The van der Waals surface area contributed by atoms with E-state index in [-0.39, 0.29) is 5.69 Å². The molecule has 1 N–H and O–H groups in total. The first-order valence-electron chi connectivity index (χ1n) is 7.31. The molecule has 2 aliphatic heterocycles. The van der Waals surface area contributed by atoms with Gasteiger partial charge in [0.15, 0.2) is 5.69 Å². The van der Waals surface area contributed by atoms with Gasteiger partial charge >= 0.3 is 5.97 Å². The van der Waals surface area contributed by atoms with Crippen LogP contribution in [0.1, 0.15) is 36.2 Å². The molecule has 0 aromatic carbocycles. The van der Waals surface area contributed by atoms with Gasteiger partial charge in [-0.2, -0.15) is 0 Å². The van der Waals surface area contributed by atoms with Crippen LogP contribution in [-0.2, 0) is 4.74 Å².